The van der Waals surface area contributed by atoms with E-state index in [1.54, 1.807) is 5.01 Å². The van der Waals surface area contributed by atoms with Gasteiger partial charge in [0.15, 0.2) is 0 Å². The molecule has 3 aliphatic rings. The molecular formula is C33H51N7O2. The van der Waals surface area contributed by atoms with Gasteiger partial charge in [-0.1, -0.05) is 31.4 Å². The summed E-state index contributed by atoms with van der Waals surface area (Å²) in [6.45, 7) is 9.56. The third-order valence-electron chi connectivity index (χ3n) is 9.87. The molecule has 0 unspecified atom stereocenters. The molecule has 0 atom stereocenters. The predicted octanol–water partition coefficient (Wildman–Crippen LogP) is 6.17. The molecule has 0 spiro atoms. The van der Waals surface area contributed by atoms with Crippen LogP contribution in [0.3, 0.4) is 0 Å². The summed E-state index contributed by atoms with van der Waals surface area (Å²) in [6, 6.07) is 9.10. The van der Waals surface area contributed by atoms with Crippen LogP contribution in [-0.4, -0.2) is 87.4 Å². The van der Waals surface area contributed by atoms with Crippen molar-refractivity contribution in [3.8, 4) is 0 Å². The van der Waals surface area contributed by atoms with Crippen LogP contribution in [0, 0.1) is 19.3 Å². The fourth-order valence-corrected chi connectivity index (χ4v) is 7.10. The second kappa shape index (κ2) is 14.5. The van der Waals surface area contributed by atoms with Gasteiger partial charge in [0.25, 0.3) is 0 Å². The molecule has 0 bridgehead atoms. The quantitative estimate of drug-likeness (QED) is 0.292. The molecule has 3 fully saturated rings. The lowest BCUT2D eigenvalue weighted by atomic mass is 9.69. The van der Waals surface area contributed by atoms with Crippen LogP contribution in [0.5, 0.6) is 0 Å². The van der Waals surface area contributed by atoms with Crippen LogP contribution in [-0.2, 0) is 0 Å². The van der Waals surface area contributed by atoms with E-state index in [2.05, 4.69) is 55.6 Å². The van der Waals surface area contributed by atoms with Gasteiger partial charge in [0.2, 0.25) is 0 Å². The summed E-state index contributed by atoms with van der Waals surface area (Å²) in [7, 11) is 0. The smallest absolute Gasteiger partial charge is 0.421 e. The number of hydrogen-bond acceptors (Lipinski definition) is 7. The molecule has 0 radical (unpaired) electrons. The first-order chi connectivity index (χ1) is 20.4. The van der Waals surface area contributed by atoms with Crippen molar-refractivity contribution >= 4 is 17.7 Å². The summed E-state index contributed by atoms with van der Waals surface area (Å²) in [5, 5.41) is 21.0. The van der Waals surface area contributed by atoms with Crippen molar-refractivity contribution in [2.75, 3.05) is 49.9 Å². The fourth-order valence-electron chi connectivity index (χ4n) is 7.10. The van der Waals surface area contributed by atoms with Gasteiger partial charge in [0.1, 0.15) is 11.6 Å². The first-order valence-corrected chi connectivity index (χ1v) is 16.2. The average molecular weight is 578 g/mol. The van der Waals surface area contributed by atoms with Crippen molar-refractivity contribution < 1.29 is 9.90 Å². The standard InChI is InChI=1S/C33H51N7O2/c1-26-6-8-30(34-24-26)36-28-10-18-38(19-11-28)22-16-33(14-4-3-5-15-33)17-23-40(32(41)42)39-20-12-29(13-21-39)37-31-9-7-27(2)25-35-31/h6-9,24-25,28-29H,3-5,10-23H2,1-2H3,(H,34,36)(H,35,37)(H,41,42). The van der Waals surface area contributed by atoms with Gasteiger partial charge in [0.05, 0.1) is 0 Å². The normalized spacial score (nSPS) is 20.7. The third kappa shape index (κ3) is 8.57. The summed E-state index contributed by atoms with van der Waals surface area (Å²) >= 11 is 0. The van der Waals surface area contributed by atoms with Crippen LogP contribution in [0.4, 0.5) is 16.4 Å². The van der Waals surface area contributed by atoms with Crippen LogP contribution in [0.1, 0.15) is 81.8 Å². The maximum atomic E-state index is 12.4. The van der Waals surface area contributed by atoms with Gasteiger partial charge in [-0.05, 0) is 100 Å². The minimum Gasteiger partial charge on any atom is -0.464 e. The molecule has 230 valence electrons. The van der Waals surface area contributed by atoms with Gasteiger partial charge in [-0.2, -0.15) is 0 Å². The molecule has 5 rings (SSSR count). The number of carboxylic acid groups (broad SMARTS) is 1. The zero-order chi connectivity index (χ0) is 29.4. The fraction of sp³-hybridized carbons (Fsp3) is 0.667. The third-order valence-corrected chi connectivity index (χ3v) is 9.87. The molecule has 2 saturated heterocycles. The molecule has 0 aromatic carbocycles. The lowest BCUT2D eigenvalue weighted by Crippen LogP contribution is -2.52. The molecule has 9 heteroatoms. The highest BCUT2D eigenvalue weighted by atomic mass is 16.4. The monoisotopic (exact) mass is 577 g/mol. The van der Waals surface area contributed by atoms with E-state index in [-0.39, 0.29) is 5.41 Å². The van der Waals surface area contributed by atoms with Gasteiger partial charge in [-0.15, -0.1) is 0 Å². The number of aryl methyl sites for hydroxylation is 2. The first kappa shape index (κ1) is 30.5. The Bertz CT molecular complexity index is 1100. The summed E-state index contributed by atoms with van der Waals surface area (Å²) in [6.07, 6.45) is 15.5. The summed E-state index contributed by atoms with van der Waals surface area (Å²) < 4.78 is 0. The number of aromatic nitrogens is 2. The number of likely N-dealkylation sites (tertiary alicyclic amines) is 1. The number of piperidine rings is 2. The highest BCUT2D eigenvalue weighted by Crippen LogP contribution is 2.43. The molecule has 4 heterocycles. The van der Waals surface area contributed by atoms with E-state index in [1.165, 1.54) is 44.1 Å². The van der Waals surface area contributed by atoms with Gasteiger partial charge in [0, 0.05) is 57.2 Å². The topological polar surface area (TPSA) is 96.9 Å². The van der Waals surface area contributed by atoms with E-state index in [9.17, 15) is 9.90 Å². The second-order valence-corrected chi connectivity index (χ2v) is 13.0. The maximum Gasteiger partial charge on any atom is 0.421 e. The van der Waals surface area contributed by atoms with E-state index in [0.29, 0.717) is 18.6 Å². The molecule has 1 amide bonds. The van der Waals surface area contributed by atoms with E-state index in [0.717, 1.165) is 82.0 Å². The van der Waals surface area contributed by atoms with Crippen LogP contribution in [0.15, 0.2) is 36.7 Å². The number of hydrogen-bond donors (Lipinski definition) is 3. The van der Waals surface area contributed by atoms with Gasteiger partial charge < -0.3 is 20.6 Å². The zero-order valence-electron chi connectivity index (χ0n) is 25.7. The Morgan fingerprint density at radius 1 is 0.857 bits per heavy atom. The molecular weight excluding hydrogens is 526 g/mol. The predicted molar refractivity (Wildman–Crippen MR) is 169 cm³/mol. The number of nitrogens with one attached hydrogen (secondary N) is 2. The SMILES string of the molecule is Cc1ccc(NC2CCN(CCC3(CCN(C(=O)O)N4CCC(Nc5ccc(C)cn5)CC4)CCCCC3)CC2)nc1. The Hall–Kier alpha value is -2.91. The molecule has 42 heavy (non-hydrogen) atoms. The molecule has 1 aliphatic carbocycles. The van der Waals surface area contributed by atoms with E-state index in [4.69, 9.17) is 0 Å². The average Bonchev–Trinajstić information content (AvgIpc) is 3.00. The van der Waals surface area contributed by atoms with Gasteiger partial charge in [-0.3, -0.25) is 0 Å². The van der Waals surface area contributed by atoms with Crippen molar-refractivity contribution in [1.82, 2.24) is 24.9 Å². The summed E-state index contributed by atoms with van der Waals surface area (Å²) in [5.41, 5.74) is 2.59. The van der Waals surface area contributed by atoms with Crippen LogP contribution in [0.2, 0.25) is 0 Å². The minimum absolute atomic E-state index is 0.254. The van der Waals surface area contributed by atoms with Crippen molar-refractivity contribution in [1.29, 1.82) is 0 Å². The number of nitrogens with zero attached hydrogens (tertiary/aromatic N) is 5. The maximum absolute atomic E-state index is 12.4. The van der Waals surface area contributed by atoms with Crippen LogP contribution < -0.4 is 10.6 Å². The highest BCUT2D eigenvalue weighted by Gasteiger charge is 2.35. The summed E-state index contributed by atoms with van der Waals surface area (Å²) in [5.74, 6) is 1.88. The molecule has 2 aromatic heterocycles. The molecule has 2 aliphatic heterocycles. The lowest BCUT2D eigenvalue weighted by molar-refractivity contribution is -0.0351. The van der Waals surface area contributed by atoms with Crippen molar-refractivity contribution in [3.05, 3.63) is 47.8 Å². The number of carbonyl (C=O) groups is 1. The number of rotatable bonds is 11. The lowest BCUT2D eigenvalue weighted by Gasteiger charge is -2.43. The summed E-state index contributed by atoms with van der Waals surface area (Å²) in [4.78, 5) is 24.0. The van der Waals surface area contributed by atoms with E-state index in [1.807, 2.05) is 25.4 Å². The van der Waals surface area contributed by atoms with Crippen molar-refractivity contribution in [2.45, 2.75) is 96.6 Å². The Kier molecular flexibility index (Phi) is 10.6. The van der Waals surface area contributed by atoms with Crippen LogP contribution >= 0.6 is 0 Å². The Labute approximate surface area is 252 Å². The molecule has 3 N–H and O–H groups in total. The number of pyridine rings is 2. The Balaban J connectivity index is 1.08. The first-order valence-electron chi connectivity index (χ1n) is 16.2. The molecule has 2 aromatic rings. The van der Waals surface area contributed by atoms with E-state index < -0.39 is 6.09 Å². The second-order valence-electron chi connectivity index (χ2n) is 13.0. The number of anilines is 2. The highest BCUT2D eigenvalue weighted by molar-refractivity contribution is 5.64. The van der Waals surface area contributed by atoms with E-state index >= 15 is 0 Å². The molecule has 1 saturated carbocycles. The van der Waals surface area contributed by atoms with Gasteiger partial charge in [-0.25, -0.2) is 24.8 Å². The number of amides is 1. The largest absolute Gasteiger partial charge is 0.464 e. The van der Waals surface area contributed by atoms with Crippen molar-refractivity contribution in [3.63, 3.8) is 0 Å². The minimum atomic E-state index is -0.815. The van der Waals surface area contributed by atoms with Crippen LogP contribution in [0.25, 0.3) is 0 Å². The van der Waals surface area contributed by atoms with Crippen molar-refractivity contribution in [2.24, 2.45) is 5.41 Å². The van der Waals surface area contributed by atoms with Gasteiger partial charge >= 0.3 is 6.09 Å². The molecule has 9 nitrogen and oxygen atoms in total. The Morgan fingerprint density at radius 2 is 1.40 bits per heavy atom. The number of hydrazine groups is 1. The Morgan fingerprint density at radius 3 is 1.90 bits per heavy atom. The zero-order valence-corrected chi connectivity index (χ0v) is 25.7.